The van der Waals surface area contributed by atoms with E-state index in [0.717, 1.165) is 35.5 Å². The molecule has 0 radical (unpaired) electrons. The van der Waals surface area contributed by atoms with Gasteiger partial charge < -0.3 is 10.6 Å². The van der Waals surface area contributed by atoms with Gasteiger partial charge >= 0.3 is 0 Å². The van der Waals surface area contributed by atoms with Crippen LogP contribution in [0.1, 0.15) is 59.9 Å². The molecule has 1 aromatic carbocycles. The highest BCUT2D eigenvalue weighted by atomic mass is 16.1. The average Bonchev–Trinajstić information content (AvgIpc) is 2.80. The van der Waals surface area contributed by atoms with Crippen LogP contribution in [0.2, 0.25) is 0 Å². The molecule has 0 aliphatic rings. The third-order valence-electron chi connectivity index (χ3n) is 4.88. The van der Waals surface area contributed by atoms with Crippen LogP contribution in [-0.4, -0.2) is 28.1 Å². The maximum atomic E-state index is 13.0. The van der Waals surface area contributed by atoms with Crippen molar-refractivity contribution in [2.24, 2.45) is 0 Å². The van der Waals surface area contributed by atoms with Crippen LogP contribution in [0.25, 0.3) is 5.70 Å². The van der Waals surface area contributed by atoms with Gasteiger partial charge in [-0.25, -0.2) is 0 Å². The molecule has 0 aliphatic heterocycles. The fourth-order valence-corrected chi connectivity index (χ4v) is 3.15. The maximum absolute atomic E-state index is 13.0. The first-order chi connectivity index (χ1) is 14.6. The maximum Gasteiger partial charge on any atom is 0.255 e. The number of unbranched alkanes of at least 4 members (excludes halogenated alkanes) is 1. The second kappa shape index (κ2) is 10.3. The zero-order valence-corrected chi connectivity index (χ0v) is 17.6. The first-order valence-corrected chi connectivity index (χ1v) is 10.2. The summed E-state index contributed by atoms with van der Waals surface area (Å²) in [6.07, 6.45) is 7.15. The third kappa shape index (κ3) is 5.29. The second-order valence-corrected chi connectivity index (χ2v) is 7.04. The summed E-state index contributed by atoms with van der Waals surface area (Å²) < 4.78 is 0. The molecule has 0 fully saturated rings. The van der Waals surface area contributed by atoms with Gasteiger partial charge in [-0.15, -0.1) is 0 Å². The van der Waals surface area contributed by atoms with Crippen LogP contribution < -0.4 is 10.6 Å². The molecule has 0 saturated carbocycles. The summed E-state index contributed by atoms with van der Waals surface area (Å²) in [5, 5.41) is 13.7. The van der Waals surface area contributed by atoms with Crippen molar-refractivity contribution < 1.29 is 4.79 Å². The van der Waals surface area contributed by atoms with E-state index in [2.05, 4.69) is 52.9 Å². The van der Waals surface area contributed by atoms with Gasteiger partial charge in [0.05, 0.1) is 29.5 Å². The van der Waals surface area contributed by atoms with Crippen molar-refractivity contribution >= 4 is 17.3 Å². The Bertz CT molecular complexity index is 1000. The minimum Gasteiger partial charge on any atom is -0.387 e. The Morgan fingerprint density at radius 2 is 1.93 bits per heavy atom. The molecule has 1 unspecified atom stereocenters. The van der Waals surface area contributed by atoms with Gasteiger partial charge in [0.2, 0.25) is 0 Å². The number of anilines is 1. The molecule has 2 N–H and O–H groups in total. The van der Waals surface area contributed by atoms with E-state index in [1.54, 1.807) is 12.3 Å². The summed E-state index contributed by atoms with van der Waals surface area (Å²) in [4.78, 5) is 17.9. The van der Waals surface area contributed by atoms with Crippen molar-refractivity contribution in [1.29, 1.82) is 0 Å². The predicted molar refractivity (Wildman–Crippen MR) is 120 cm³/mol. The van der Waals surface area contributed by atoms with E-state index in [9.17, 15) is 4.79 Å². The number of allylic oxidation sites excluding steroid dienone is 1. The lowest BCUT2D eigenvalue weighted by molar-refractivity contribution is 0.102. The van der Waals surface area contributed by atoms with Gasteiger partial charge in [0.25, 0.3) is 5.91 Å². The summed E-state index contributed by atoms with van der Waals surface area (Å²) in [5.41, 5.74) is 4.81. The van der Waals surface area contributed by atoms with Crippen LogP contribution >= 0.6 is 0 Å². The predicted octanol–water partition coefficient (Wildman–Crippen LogP) is 4.64. The lowest BCUT2D eigenvalue weighted by atomic mass is 9.95. The molecule has 0 spiro atoms. The molecule has 0 saturated heterocycles. The average molecular weight is 402 g/mol. The topological polar surface area (TPSA) is 79.8 Å². The van der Waals surface area contributed by atoms with Gasteiger partial charge in [-0.05, 0) is 30.2 Å². The molecule has 0 bridgehead atoms. The Hall–Kier alpha value is -3.54. The van der Waals surface area contributed by atoms with E-state index in [1.165, 1.54) is 6.20 Å². The molecule has 2 heterocycles. The van der Waals surface area contributed by atoms with Crippen LogP contribution in [0.5, 0.6) is 0 Å². The third-order valence-corrected chi connectivity index (χ3v) is 4.88. The van der Waals surface area contributed by atoms with E-state index in [4.69, 9.17) is 4.98 Å². The van der Waals surface area contributed by atoms with Crippen molar-refractivity contribution in [3.63, 3.8) is 0 Å². The molecule has 0 aliphatic carbocycles. The van der Waals surface area contributed by atoms with Crippen LogP contribution in [0.15, 0.2) is 67.0 Å². The molecule has 154 valence electrons. The Balaban J connectivity index is 2.02. The van der Waals surface area contributed by atoms with E-state index < -0.39 is 0 Å². The lowest BCUT2D eigenvalue weighted by Gasteiger charge is -2.16. The number of carbonyl (C=O) groups excluding carboxylic acids is 1. The number of benzene rings is 1. The normalized spacial score (nSPS) is 12.3. The monoisotopic (exact) mass is 401 g/mol. The molecule has 2 aromatic heterocycles. The SMILES string of the molecule is CCC/C=C(\NC)c1cc(C(=O)Nc2ccnnc2)cc(C(C)c2ccccc2)n1. The summed E-state index contributed by atoms with van der Waals surface area (Å²) in [7, 11) is 1.87. The second-order valence-electron chi connectivity index (χ2n) is 7.04. The smallest absolute Gasteiger partial charge is 0.255 e. The number of nitrogens with one attached hydrogen (secondary N) is 2. The molecular weight excluding hydrogens is 374 g/mol. The largest absolute Gasteiger partial charge is 0.387 e. The van der Waals surface area contributed by atoms with Gasteiger partial charge in [-0.2, -0.15) is 10.2 Å². The van der Waals surface area contributed by atoms with Crippen molar-refractivity contribution in [2.45, 2.75) is 32.6 Å². The van der Waals surface area contributed by atoms with Gasteiger partial charge in [-0.1, -0.05) is 56.7 Å². The molecule has 6 nitrogen and oxygen atoms in total. The van der Waals surface area contributed by atoms with Gasteiger partial charge in [0.15, 0.2) is 0 Å². The first-order valence-electron chi connectivity index (χ1n) is 10.2. The van der Waals surface area contributed by atoms with Crippen LogP contribution in [-0.2, 0) is 0 Å². The van der Waals surface area contributed by atoms with Crippen LogP contribution in [0, 0.1) is 0 Å². The van der Waals surface area contributed by atoms with Crippen molar-refractivity contribution in [2.75, 3.05) is 12.4 Å². The quantitative estimate of drug-likeness (QED) is 0.575. The molecule has 6 heteroatoms. The van der Waals surface area contributed by atoms with Crippen LogP contribution in [0.3, 0.4) is 0 Å². The number of hydrogen-bond donors (Lipinski definition) is 2. The van der Waals surface area contributed by atoms with E-state index >= 15 is 0 Å². The van der Waals surface area contributed by atoms with Gasteiger partial charge in [0.1, 0.15) is 0 Å². The van der Waals surface area contributed by atoms with E-state index in [0.29, 0.717) is 11.3 Å². The number of aromatic nitrogens is 3. The zero-order valence-electron chi connectivity index (χ0n) is 17.6. The van der Waals surface area contributed by atoms with E-state index in [1.807, 2.05) is 37.4 Å². The highest BCUT2D eigenvalue weighted by Gasteiger charge is 2.17. The van der Waals surface area contributed by atoms with Crippen LogP contribution in [0.4, 0.5) is 5.69 Å². The zero-order chi connectivity index (χ0) is 21.3. The molecule has 1 atom stereocenters. The molecule has 3 aromatic rings. The Morgan fingerprint density at radius 1 is 1.13 bits per heavy atom. The van der Waals surface area contributed by atoms with Crippen molar-refractivity contribution in [3.05, 3.63) is 89.5 Å². The van der Waals surface area contributed by atoms with Crippen molar-refractivity contribution in [1.82, 2.24) is 20.5 Å². The number of carbonyl (C=O) groups is 1. The number of pyridine rings is 1. The molecule has 1 amide bonds. The number of hydrogen-bond acceptors (Lipinski definition) is 5. The van der Waals surface area contributed by atoms with Crippen molar-refractivity contribution in [3.8, 4) is 0 Å². The Morgan fingerprint density at radius 3 is 2.60 bits per heavy atom. The number of rotatable bonds is 8. The molecule has 30 heavy (non-hydrogen) atoms. The Kier molecular flexibility index (Phi) is 7.27. The Labute approximate surface area is 177 Å². The molecule has 3 rings (SSSR count). The number of nitrogens with zero attached hydrogens (tertiary/aromatic N) is 3. The summed E-state index contributed by atoms with van der Waals surface area (Å²) in [5.74, 6) is -0.163. The minimum absolute atomic E-state index is 0.0459. The lowest BCUT2D eigenvalue weighted by Crippen LogP contribution is -2.16. The first kappa shape index (κ1) is 21.2. The van der Waals surface area contributed by atoms with E-state index in [-0.39, 0.29) is 11.8 Å². The fourth-order valence-electron chi connectivity index (χ4n) is 3.15. The summed E-state index contributed by atoms with van der Waals surface area (Å²) in [6.45, 7) is 4.23. The number of amides is 1. The standard InChI is InChI=1S/C24H27N5O/c1-4-5-11-21(25-3)23-15-19(24(30)28-20-12-13-26-27-16-20)14-22(29-23)17(2)18-9-7-6-8-10-18/h6-17,25H,4-5H2,1-3H3,(H,26,28,30)/b21-11-. The highest BCUT2D eigenvalue weighted by molar-refractivity contribution is 6.04. The fraction of sp³-hybridized carbons (Fsp3) is 0.250. The molecular formula is C24H27N5O. The summed E-state index contributed by atoms with van der Waals surface area (Å²) in [6, 6.07) is 15.6. The van der Waals surface area contributed by atoms with Gasteiger partial charge in [0, 0.05) is 24.2 Å². The summed E-state index contributed by atoms with van der Waals surface area (Å²) >= 11 is 0. The van der Waals surface area contributed by atoms with Gasteiger partial charge in [-0.3, -0.25) is 9.78 Å². The highest BCUT2D eigenvalue weighted by Crippen LogP contribution is 2.25. The minimum atomic E-state index is -0.209.